The number of benzene rings is 2. The zero-order valence-electron chi connectivity index (χ0n) is 14.5. The molecule has 2 aromatic carbocycles. The summed E-state index contributed by atoms with van der Waals surface area (Å²) in [7, 11) is 0. The van der Waals surface area contributed by atoms with Crippen molar-refractivity contribution in [3.8, 4) is 0 Å². The van der Waals surface area contributed by atoms with Crippen LogP contribution in [-0.4, -0.2) is 17.9 Å². The van der Waals surface area contributed by atoms with E-state index in [1.807, 2.05) is 20.8 Å². The molecule has 4 nitrogen and oxygen atoms in total. The number of carbonyl (C=O) groups excluding carboxylic acids is 2. The Labute approximate surface area is 146 Å². The van der Waals surface area contributed by atoms with Gasteiger partial charge in [0.1, 0.15) is 5.82 Å². The molecule has 0 atom stereocenters. The lowest BCUT2D eigenvalue weighted by Gasteiger charge is -2.12. The highest BCUT2D eigenvalue weighted by Gasteiger charge is 2.11. The van der Waals surface area contributed by atoms with E-state index >= 15 is 0 Å². The molecule has 0 saturated carbocycles. The Balaban J connectivity index is 2.07. The summed E-state index contributed by atoms with van der Waals surface area (Å²) < 4.78 is 12.9. The van der Waals surface area contributed by atoms with Gasteiger partial charge in [-0.05, 0) is 62.2 Å². The van der Waals surface area contributed by atoms with E-state index in [2.05, 4.69) is 10.6 Å². The van der Waals surface area contributed by atoms with E-state index in [0.29, 0.717) is 11.3 Å². The van der Waals surface area contributed by atoms with Gasteiger partial charge in [-0.3, -0.25) is 9.59 Å². The standard InChI is InChI=1S/C20H21FN2O2/c1-13(2)22-20(25)18-12-17(10-4-14(18)3)23-19(24)11-7-15-5-8-16(21)9-6-15/h4-13H,1-3H3,(H,22,25)(H,23,24)/b11-7+. The van der Waals surface area contributed by atoms with Gasteiger partial charge in [-0.1, -0.05) is 18.2 Å². The van der Waals surface area contributed by atoms with Crippen molar-refractivity contribution in [2.24, 2.45) is 0 Å². The predicted molar refractivity (Wildman–Crippen MR) is 97.8 cm³/mol. The Morgan fingerprint density at radius 3 is 2.40 bits per heavy atom. The van der Waals surface area contributed by atoms with E-state index in [9.17, 15) is 14.0 Å². The monoisotopic (exact) mass is 340 g/mol. The molecule has 0 aliphatic carbocycles. The highest BCUT2D eigenvalue weighted by Crippen LogP contribution is 2.16. The summed E-state index contributed by atoms with van der Waals surface area (Å²) >= 11 is 0. The molecular weight excluding hydrogens is 319 g/mol. The normalized spacial score (nSPS) is 10.9. The molecule has 25 heavy (non-hydrogen) atoms. The first-order valence-corrected chi connectivity index (χ1v) is 8.01. The molecule has 2 rings (SSSR count). The van der Waals surface area contributed by atoms with E-state index in [0.717, 1.165) is 11.1 Å². The minimum Gasteiger partial charge on any atom is -0.350 e. The predicted octanol–water partition coefficient (Wildman–Crippen LogP) is 3.92. The minimum absolute atomic E-state index is 0.0313. The number of amides is 2. The lowest BCUT2D eigenvalue weighted by molar-refractivity contribution is -0.111. The minimum atomic E-state index is -0.330. The van der Waals surface area contributed by atoms with E-state index < -0.39 is 0 Å². The van der Waals surface area contributed by atoms with Crippen molar-refractivity contribution >= 4 is 23.6 Å². The van der Waals surface area contributed by atoms with Crippen LogP contribution in [0.5, 0.6) is 0 Å². The number of nitrogens with one attached hydrogen (secondary N) is 2. The Morgan fingerprint density at radius 2 is 1.76 bits per heavy atom. The van der Waals surface area contributed by atoms with Gasteiger partial charge in [0.15, 0.2) is 0 Å². The molecule has 0 heterocycles. The number of carbonyl (C=O) groups is 2. The molecule has 0 spiro atoms. The maximum Gasteiger partial charge on any atom is 0.251 e. The highest BCUT2D eigenvalue weighted by atomic mass is 19.1. The lowest BCUT2D eigenvalue weighted by Crippen LogP contribution is -2.30. The van der Waals surface area contributed by atoms with Gasteiger partial charge in [-0.15, -0.1) is 0 Å². The van der Waals surface area contributed by atoms with Crippen LogP contribution in [0.4, 0.5) is 10.1 Å². The molecule has 130 valence electrons. The van der Waals surface area contributed by atoms with Crippen molar-refractivity contribution in [2.75, 3.05) is 5.32 Å². The Morgan fingerprint density at radius 1 is 1.08 bits per heavy atom. The molecule has 0 aliphatic heterocycles. The van der Waals surface area contributed by atoms with Gasteiger partial charge in [0.05, 0.1) is 0 Å². The van der Waals surface area contributed by atoms with Gasteiger partial charge >= 0.3 is 0 Å². The number of hydrogen-bond donors (Lipinski definition) is 2. The van der Waals surface area contributed by atoms with Gasteiger partial charge in [-0.2, -0.15) is 0 Å². The maximum atomic E-state index is 12.9. The first kappa shape index (κ1) is 18.4. The summed E-state index contributed by atoms with van der Waals surface area (Å²) in [5.41, 5.74) is 2.61. The first-order chi connectivity index (χ1) is 11.8. The van der Waals surface area contributed by atoms with E-state index in [4.69, 9.17) is 0 Å². The number of rotatable bonds is 5. The zero-order chi connectivity index (χ0) is 18.4. The van der Waals surface area contributed by atoms with Crippen molar-refractivity contribution in [3.05, 3.63) is 71.0 Å². The van der Waals surface area contributed by atoms with Crippen molar-refractivity contribution in [1.82, 2.24) is 5.32 Å². The number of hydrogen-bond acceptors (Lipinski definition) is 2. The molecule has 0 bridgehead atoms. The SMILES string of the molecule is Cc1ccc(NC(=O)/C=C/c2ccc(F)cc2)cc1C(=O)NC(C)C. The fourth-order valence-electron chi connectivity index (χ4n) is 2.21. The average Bonchev–Trinajstić information content (AvgIpc) is 2.55. The number of anilines is 1. The Hall–Kier alpha value is -2.95. The van der Waals surface area contributed by atoms with Crippen LogP contribution >= 0.6 is 0 Å². The second-order valence-corrected chi connectivity index (χ2v) is 6.03. The molecule has 0 radical (unpaired) electrons. The third-order valence-corrected chi connectivity index (χ3v) is 3.47. The van der Waals surface area contributed by atoms with Crippen LogP contribution < -0.4 is 10.6 Å². The van der Waals surface area contributed by atoms with Crippen molar-refractivity contribution < 1.29 is 14.0 Å². The summed E-state index contributed by atoms with van der Waals surface area (Å²) in [5.74, 6) is -0.831. The van der Waals surface area contributed by atoms with Crippen LogP contribution in [0.1, 0.15) is 35.3 Å². The third kappa shape index (κ3) is 5.57. The van der Waals surface area contributed by atoms with Gasteiger partial charge < -0.3 is 10.6 Å². The van der Waals surface area contributed by atoms with E-state index in [1.54, 1.807) is 36.4 Å². The Bertz CT molecular complexity index is 796. The highest BCUT2D eigenvalue weighted by molar-refractivity contribution is 6.03. The molecule has 0 unspecified atom stereocenters. The number of halogens is 1. The lowest BCUT2D eigenvalue weighted by atomic mass is 10.1. The topological polar surface area (TPSA) is 58.2 Å². The van der Waals surface area contributed by atoms with Crippen molar-refractivity contribution in [1.29, 1.82) is 0 Å². The van der Waals surface area contributed by atoms with Crippen LogP contribution in [0.25, 0.3) is 6.08 Å². The van der Waals surface area contributed by atoms with Gasteiger partial charge in [0.2, 0.25) is 5.91 Å². The molecule has 0 aromatic heterocycles. The van der Waals surface area contributed by atoms with Gasteiger partial charge in [0.25, 0.3) is 5.91 Å². The molecule has 0 fully saturated rings. The van der Waals surface area contributed by atoms with E-state index in [1.165, 1.54) is 18.2 Å². The maximum absolute atomic E-state index is 12.9. The summed E-state index contributed by atoms with van der Waals surface area (Å²) in [6.45, 7) is 5.62. The van der Waals surface area contributed by atoms with Crippen molar-refractivity contribution in [3.63, 3.8) is 0 Å². The van der Waals surface area contributed by atoms with E-state index in [-0.39, 0.29) is 23.7 Å². The zero-order valence-corrected chi connectivity index (χ0v) is 14.5. The second kappa shape index (κ2) is 8.24. The summed E-state index contributed by atoms with van der Waals surface area (Å²) in [6, 6.07) is 11.0. The molecule has 0 saturated heterocycles. The fourth-order valence-corrected chi connectivity index (χ4v) is 2.21. The molecular formula is C20H21FN2O2. The Kier molecular flexibility index (Phi) is 6.06. The molecule has 2 amide bonds. The quantitative estimate of drug-likeness (QED) is 0.811. The molecule has 2 aromatic rings. The van der Waals surface area contributed by atoms with Gasteiger partial charge in [0, 0.05) is 23.4 Å². The van der Waals surface area contributed by atoms with Gasteiger partial charge in [-0.25, -0.2) is 4.39 Å². The smallest absolute Gasteiger partial charge is 0.251 e. The van der Waals surface area contributed by atoms with Crippen LogP contribution in [0.15, 0.2) is 48.5 Å². The van der Waals surface area contributed by atoms with Crippen LogP contribution in [0.2, 0.25) is 0 Å². The molecule has 5 heteroatoms. The summed E-state index contributed by atoms with van der Waals surface area (Å²) in [5, 5.41) is 5.55. The average molecular weight is 340 g/mol. The fraction of sp³-hybridized carbons (Fsp3) is 0.200. The van der Waals surface area contributed by atoms with Crippen molar-refractivity contribution in [2.45, 2.75) is 26.8 Å². The number of aryl methyl sites for hydroxylation is 1. The largest absolute Gasteiger partial charge is 0.350 e. The summed E-state index contributed by atoms with van der Waals surface area (Å²) in [4.78, 5) is 24.2. The first-order valence-electron chi connectivity index (χ1n) is 8.01. The molecule has 0 aliphatic rings. The van der Waals surface area contributed by atoms with Crippen LogP contribution in [0.3, 0.4) is 0 Å². The summed E-state index contributed by atoms with van der Waals surface area (Å²) in [6.07, 6.45) is 2.95. The molecule has 2 N–H and O–H groups in total. The second-order valence-electron chi connectivity index (χ2n) is 6.03. The third-order valence-electron chi connectivity index (χ3n) is 3.47. The van der Waals surface area contributed by atoms with Crippen LogP contribution in [0, 0.1) is 12.7 Å². The van der Waals surface area contributed by atoms with Crippen LogP contribution in [-0.2, 0) is 4.79 Å².